The van der Waals surface area contributed by atoms with E-state index in [0.29, 0.717) is 5.41 Å². The first kappa shape index (κ1) is 14.9. The van der Waals surface area contributed by atoms with Crippen molar-refractivity contribution in [3.05, 3.63) is 0 Å². The summed E-state index contributed by atoms with van der Waals surface area (Å²) in [6.07, 6.45) is 7.22. The van der Waals surface area contributed by atoms with Crippen LogP contribution in [0.3, 0.4) is 0 Å². The highest BCUT2D eigenvalue weighted by Gasteiger charge is 2.69. The molecule has 0 saturated heterocycles. The Kier molecular flexibility index (Phi) is 4.03. The Morgan fingerprint density at radius 3 is 2.42 bits per heavy atom. The van der Waals surface area contributed by atoms with Crippen LogP contribution < -0.4 is 0 Å². The molecule has 0 heterocycles. The van der Waals surface area contributed by atoms with Crippen LogP contribution in [0, 0.1) is 28.6 Å². The summed E-state index contributed by atoms with van der Waals surface area (Å²) in [4.78, 5) is 0. The second-order valence-corrected chi connectivity index (χ2v) is 7.16. The molecule has 0 aromatic rings. The fraction of sp³-hybridized carbons (Fsp3) is 0.889. The van der Waals surface area contributed by atoms with Crippen LogP contribution >= 0.6 is 0 Å². The Balaban J connectivity index is 2.28. The minimum atomic E-state index is -0.179. The molecule has 2 saturated carbocycles. The number of unbranched alkanes of at least 4 members (excludes halogenated alkanes) is 2. The number of fused-ring (bicyclic) bond motifs is 2. The third-order valence-corrected chi connectivity index (χ3v) is 6.20. The minimum Gasteiger partial charge on any atom is -0.362 e. The van der Waals surface area contributed by atoms with E-state index in [9.17, 15) is 0 Å². The van der Waals surface area contributed by atoms with Gasteiger partial charge in [-0.05, 0) is 43.9 Å². The maximum Gasteiger partial charge on any atom is 0.134 e. The van der Waals surface area contributed by atoms with Crippen molar-refractivity contribution in [3.8, 4) is 11.8 Å². The molecule has 0 aromatic carbocycles. The van der Waals surface area contributed by atoms with Gasteiger partial charge >= 0.3 is 0 Å². The summed E-state index contributed by atoms with van der Waals surface area (Å²) in [5, 5.41) is 0. The highest BCUT2D eigenvalue weighted by atomic mass is 16.5. The largest absolute Gasteiger partial charge is 0.362 e. The Labute approximate surface area is 119 Å². The van der Waals surface area contributed by atoms with Gasteiger partial charge in [0, 0.05) is 18.4 Å². The van der Waals surface area contributed by atoms with Crippen LogP contribution in [0.1, 0.15) is 73.1 Å². The number of hydrogen-bond donors (Lipinski definition) is 0. The lowest BCUT2D eigenvalue weighted by molar-refractivity contribution is -0.0937. The van der Waals surface area contributed by atoms with Crippen LogP contribution in [0.5, 0.6) is 0 Å². The summed E-state index contributed by atoms with van der Waals surface area (Å²) < 4.78 is 6.27. The van der Waals surface area contributed by atoms with E-state index in [4.69, 9.17) is 4.74 Å². The predicted molar refractivity (Wildman–Crippen MR) is 80.9 cm³/mol. The van der Waals surface area contributed by atoms with Crippen molar-refractivity contribution in [2.45, 2.75) is 78.7 Å². The van der Waals surface area contributed by atoms with E-state index in [1.807, 2.05) is 0 Å². The monoisotopic (exact) mass is 262 g/mol. The highest BCUT2D eigenvalue weighted by molar-refractivity contribution is 5.30. The molecule has 2 bridgehead atoms. The van der Waals surface area contributed by atoms with Gasteiger partial charge in [0.05, 0.1) is 0 Å². The summed E-state index contributed by atoms with van der Waals surface area (Å²) in [6, 6.07) is 0. The average molecular weight is 262 g/mol. The molecule has 108 valence electrons. The first-order valence-corrected chi connectivity index (χ1v) is 8.07. The van der Waals surface area contributed by atoms with Gasteiger partial charge in [-0.25, -0.2) is 0 Å². The van der Waals surface area contributed by atoms with Crippen LogP contribution in [0.4, 0.5) is 0 Å². The number of rotatable bonds is 4. The smallest absolute Gasteiger partial charge is 0.134 e. The van der Waals surface area contributed by atoms with Crippen LogP contribution in [0.15, 0.2) is 0 Å². The molecule has 2 aliphatic rings. The van der Waals surface area contributed by atoms with E-state index in [0.717, 1.165) is 25.4 Å². The molecule has 1 heteroatoms. The van der Waals surface area contributed by atoms with Gasteiger partial charge in [0.15, 0.2) is 0 Å². The van der Waals surface area contributed by atoms with Crippen molar-refractivity contribution in [2.24, 2.45) is 16.7 Å². The molecule has 3 unspecified atom stereocenters. The molecule has 0 N–H and O–H groups in total. The first-order chi connectivity index (χ1) is 8.93. The summed E-state index contributed by atoms with van der Waals surface area (Å²) >= 11 is 0. The van der Waals surface area contributed by atoms with Crippen molar-refractivity contribution in [1.29, 1.82) is 0 Å². The second kappa shape index (κ2) is 5.13. The number of hydrogen-bond acceptors (Lipinski definition) is 1. The van der Waals surface area contributed by atoms with Crippen molar-refractivity contribution in [2.75, 3.05) is 6.61 Å². The summed E-state index contributed by atoms with van der Waals surface area (Å²) in [5.74, 6) is 7.79. The molecular weight excluding hydrogens is 232 g/mol. The van der Waals surface area contributed by atoms with Gasteiger partial charge in [0.2, 0.25) is 0 Å². The first-order valence-electron chi connectivity index (χ1n) is 8.07. The zero-order chi connectivity index (χ0) is 14.1. The molecular formula is C18H30O. The fourth-order valence-electron chi connectivity index (χ4n) is 4.41. The van der Waals surface area contributed by atoms with Crippen molar-refractivity contribution in [1.82, 2.24) is 0 Å². The van der Waals surface area contributed by atoms with E-state index < -0.39 is 0 Å². The number of ether oxygens (including phenoxy) is 1. The van der Waals surface area contributed by atoms with Crippen molar-refractivity contribution >= 4 is 0 Å². The maximum atomic E-state index is 6.27. The molecule has 1 nitrogen and oxygen atoms in total. The van der Waals surface area contributed by atoms with Crippen molar-refractivity contribution < 1.29 is 4.74 Å². The SMILES string of the molecule is CCCCC#CC1(OCC)CC2CCC1(C)C2(C)C. The van der Waals surface area contributed by atoms with Gasteiger partial charge in [-0.1, -0.05) is 40.0 Å². The molecule has 0 aromatic heterocycles. The Morgan fingerprint density at radius 2 is 1.95 bits per heavy atom. The van der Waals surface area contributed by atoms with E-state index in [-0.39, 0.29) is 11.0 Å². The molecule has 3 atom stereocenters. The lowest BCUT2D eigenvalue weighted by atomic mass is 9.64. The second-order valence-electron chi connectivity index (χ2n) is 7.16. The normalized spacial score (nSPS) is 39.1. The lowest BCUT2D eigenvalue weighted by Crippen LogP contribution is -2.48. The topological polar surface area (TPSA) is 9.23 Å². The van der Waals surface area contributed by atoms with Crippen LogP contribution in [-0.2, 0) is 4.74 Å². The zero-order valence-electron chi connectivity index (χ0n) is 13.4. The maximum absolute atomic E-state index is 6.27. The van der Waals surface area contributed by atoms with Gasteiger partial charge in [-0.15, -0.1) is 5.92 Å². The Morgan fingerprint density at radius 1 is 1.21 bits per heavy atom. The fourth-order valence-corrected chi connectivity index (χ4v) is 4.41. The third kappa shape index (κ3) is 2.04. The quantitative estimate of drug-likeness (QED) is 0.522. The van der Waals surface area contributed by atoms with E-state index >= 15 is 0 Å². The molecule has 0 aliphatic heterocycles. The highest BCUT2D eigenvalue weighted by Crippen LogP contribution is 2.70. The molecule has 2 aliphatic carbocycles. The molecule has 0 radical (unpaired) electrons. The predicted octanol–water partition coefficient (Wildman–Crippen LogP) is 4.80. The van der Waals surface area contributed by atoms with Gasteiger partial charge in [-0.2, -0.15) is 0 Å². The van der Waals surface area contributed by atoms with E-state index in [1.165, 1.54) is 25.7 Å². The average Bonchev–Trinajstić information content (AvgIpc) is 2.67. The molecule has 19 heavy (non-hydrogen) atoms. The zero-order valence-corrected chi connectivity index (χ0v) is 13.4. The van der Waals surface area contributed by atoms with Gasteiger partial charge < -0.3 is 4.74 Å². The van der Waals surface area contributed by atoms with E-state index in [2.05, 4.69) is 46.5 Å². The molecule has 2 fully saturated rings. The third-order valence-electron chi connectivity index (χ3n) is 6.20. The summed E-state index contributed by atoms with van der Waals surface area (Å²) in [5.41, 5.74) is 0.406. The summed E-state index contributed by atoms with van der Waals surface area (Å²) in [7, 11) is 0. The van der Waals surface area contributed by atoms with Gasteiger partial charge in [0.1, 0.15) is 5.60 Å². The Bertz CT molecular complexity index is 386. The van der Waals surface area contributed by atoms with Crippen LogP contribution in [0.2, 0.25) is 0 Å². The van der Waals surface area contributed by atoms with Gasteiger partial charge in [0.25, 0.3) is 0 Å². The Hall–Kier alpha value is -0.480. The summed E-state index contributed by atoms with van der Waals surface area (Å²) in [6.45, 7) is 12.4. The molecule has 0 spiro atoms. The molecule has 2 rings (SSSR count). The lowest BCUT2D eigenvalue weighted by Gasteiger charge is -2.45. The van der Waals surface area contributed by atoms with E-state index in [1.54, 1.807) is 0 Å². The van der Waals surface area contributed by atoms with Crippen molar-refractivity contribution in [3.63, 3.8) is 0 Å². The van der Waals surface area contributed by atoms with Crippen LogP contribution in [0.25, 0.3) is 0 Å². The standard InChI is InChI=1S/C18H30O/c1-6-8-9-10-12-18(19-7-2)14-15-11-13-17(18,5)16(15,3)4/h15H,6-9,11,13-14H2,1-5H3. The molecule has 0 amide bonds. The van der Waals surface area contributed by atoms with Gasteiger partial charge in [-0.3, -0.25) is 0 Å². The minimum absolute atomic E-state index is 0.179. The van der Waals surface area contributed by atoms with Crippen LogP contribution in [-0.4, -0.2) is 12.2 Å².